The van der Waals surface area contributed by atoms with Gasteiger partial charge in [-0.15, -0.1) is 0 Å². The molecule has 0 radical (unpaired) electrons. The van der Waals surface area contributed by atoms with Crippen molar-refractivity contribution < 1.29 is 4.79 Å². The molecule has 1 saturated carbocycles. The fourth-order valence-electron chi connectivity index (χ4n) is 4.20. The van der Waals surface area contributed by atoms with Crippen LogP contribution < -0.4 is 4.90 Å². The normalized spacial score (nSPS) is 18.7. The van der Waals surface area contributed by atoms with Crippen LogP contribution in [0.3, 0.4) is 0 Å². The van der Waals surface area contributed by atoms with Gasteiger partial charge in [0.15, 0.2) is 0 Å². The number of anilines is 1. The third kappa shape index (κ3) is 2.85. The molecule has 6 heteroatoms. The lowest BCUT2D eigenvalue weighted by molar-refractivity contribution is 0.0740. The van der Waals surface area contributed by atoms with Crippen molar-refractivity contribution >= 4 is 22.8 Å². The first kappa shape index (κ1) is 16.3. The molecule has 1 aliphatic carbocycles. The van der Waals surface area contributed by atoms with Gasteiger partial charge in [0, 0.05) is 43.4 Å². The van der Waals surface area contributed by atoms with E-state index in [1.807, 2.05) is 48.4 Å². The Morgan fingerprint density at radius 2 is 1.96 bits per heavy atom. The standard InChI is InChI=1S/C21H23N5O/c1-15-4-2-3-5-16(15)20(27)26-11-10-25(12-21(13-26)7-8-21)19-17-6-9-22-18(17)23-14-24-19/h2-6,9,14H,7-8,10-13H2,1H3,(H,22,23,24). The number of aromatic nitrogens is 3. The van der Waals surface area contributed by atoms with Crippen LogP contribution in [-0.4, -0.2) is 51.9 Å². The lowest BCUT2D eigenvalue weighted by Gasteiger charge is -2.25. The molecule has 138 valence electrons. The molecule has 1 amide bonds. The van der Waals surface area contributed by atoms with E-state index >= 15 is 0 Å². The van der Waals surface area contributed by atoms with Gasteiger partial charge in [-0.2, -0.15) is 0 Å². The van der Waals surface area contributed by atoms with Gasteiger partial charge in [-0.05, 0) is 37.5 Å². The molecule has 2 aromatic heterocycles. The molecule has 3 heterocycles. The second kappa shape index (κ2) is 6.08. The topological polar surface area (TPSA) is 65.1 Å². The summed E-state index contributed by atoms with van der Waals surface area (Å²) >= 11 is 0. The van der Waals surface area contributed by atoms with Gasteiger partial charge in [0.1, 0.15) is 17.8 Å². The molecule has 3 aromatic rings. The van der Waals surface area contributed by atoms with Crippen LogP contribution in [-0.2, 0) is 0 Å². The van der Waals surface area contributed by atoms with E-state index in [9.17, 15) is 4.79 Å². The van der Waals surface area contributed by atoms with E-state index < -0.39 is 0 Å². The highest BCUT2D eigenvalue weighted by Crippen LogP contribution is 2.48. The smallest absolute Gasteiger partial charge is 0.254 e. The van der Waals surface area contributed by atoms with E-state index in [2.05, 4.69) is 19.9 Å². The number of amides is 1. The van der Waals surface area contributed by atoms with E-state index in [0.717, 1.165) is 47.6 Å². The van der Waals surface area contributed by atoms with E-state index in [0.29, 0.717) is 6.54 Å². The maximum Gasteiger partial charge on any atom is 0.254 e. The SMILES string of the molecule is Cc1ccccc1C(=O)N1CCN(c2ncnc3[nH]ccc23)CC2(CC2)C1. The number of nitrogens with one attached hydrogen (secondary N) is 1. The molecule has 1 aromatic carbocycles. The van der Waals surface area contributed by atoms with Crippen molar-refractivity contribution in [3.8, 4) is 0 Å². The van der Waals surface area contributed by atoms with Crippen LogP contribution in [0.4, 0.5) is 5.82 Å². The molecule has 1 saturated heterocycles. The van der Waals surface area contributed by atoms with E-state index in [1.54, 1.807) is 6.33 Å². The number of aromatic amines is 1. The molecule has 0 bridgehead atoms. The predicted octanol–water partition coefficient (Wildman–Crippen LogP) is 3.01. The Bertz CT molecular complexity index is 1010. The summed E-state index contributed by atoms with van der Waals surface area (Å²) in [5.41, 5.74) is 2.92. The number of carbonyl (C=O) groups excluding carboxylic acids is 1. The van der Waals surface area contributed by atoms with Crippen molar-refractivity contribution in [2.75, 3.05) is 31.1 Å². The Morgan fingerprint density at radius 1 is 1.11 bits per heavy atom. The van der Waals surface area contributed by atoms with Gasteiger partial charge in [-0.3, -0.25) is 4.79 Å². The van der Waals surface area contributed by atoms with Gasteiger partial charge < -0.3 is 14.8 Å². The molecular formula is C21H23N5O. The largest absolute Gasteiger partial charge is 0.354 e. The summed E-state index contributed by atoms with van der Waals surface area (Å²) in [7, 11) is 0. The molecule has 2 fully saturated rings. The Kier molecular flexibility index (Phi) is 3.67. The summed E-state index contributed by atoms with van der Waals surface area (Å²) in [6.07, 6.45) is 5.86. The minimum Gasteiger partial charge on any atom is -0.354 e. The fourth-order valence-corrected chi connectivity index (χ4v) is 4.20. The highest BCUT2D eigenvalue weighted by atomic mass is 16.2. The highest BCUT2D eigenvalue weighted by molar-refractivity contribution is 5.96. The van der Waals surface area contributed by atoms with Crippen molar-refractivity contribution in [3.05, 3.63) is 54.0 Å². The van der Waals surface area contributed by atoms with Gasteiger partial charge in [-0.25, -0.2) is 9.97 Å². The van der Waals surface area contributed by atoms with Crippen LogP contribution in [0.2, 0.25) is 0 Å². The van der Waals surface area contributed by atoms with Crippen LogP contribution in [0.25, 0.3) is 11.0 Å². The molecule has 5 rings (SSSR count). The summed E-state index contributed by atoms with van der Waals surface area (Å²) in [4.78, 5) is 29.6. The van der Waals surface area contributed by atoms with Gasteiger partial charge in [0.25, 0.3) is 5.91 Å². The molecule has 1 N–H and O–H groups in total. The van der Waals surface area contributed by atoms with Crippen molar-refractivity contribution in [3.63, 3.8) is 0 Å². The maximum absolute atomic E-state index is 13.2. The lowest BCUT2D eigenvalue weighted by atomic mass is 10.0. The van der Waals surface area contributed by atoms with Crippen molar-refractivity contribution in [1.82, 2.24) is 19.9 Å². The first-order chi connectivity index (χ1) is 13.2. The van der Waals surface area contributed by atoms with Crippen LogP contribution in [0.5, 0.6) is 0 Å². The average Bonchev–Trinajstić information content (AvgIpc) is 3.32. The van der Waals surface area contributed by atoms with Gasteiger partial charge in [-0.1, -0.05) is 18.2 Å². The zero-order chi connectivity index (χ0) is 18.4. The van der Waals surface area contributed by atoms with Crippen LogP contribution in [0.15, 0.2) is 42.9 Å². The molecule has 2 aliphatic rings. The number of benzene rings is 1. The van der Waals surface area contributed by atoms with E-state index in [-0.39, 0.29) is 11.3 Å². The first-order valence-corrected chi connectivity index (χ1v) is 9.53. The number of fused-ring (bicyclic) bond motifs is 1. The fraction of sp³-hybridized carbons (Fsp3) is 0.381. The molecule has 0 atom stereocenters. The maximum atomic E-state index is 13.2. The number of nitrogens with zero attached hydrogens (tertiary/aromatic N) is 4. The monoisotopic (exact) mass is 361 g/mol. The number of aryl methyl sites for hydroxylation is 1. The van der Waals surface area contributed by atoms with Gasteiger partial charge in [0.2, 0.25) is 0 Å². The summed E-state index contributed by atoms with van der Waals surface area (Å²) in [6, 6.07) is 9.91. The molecule has 1 spiro atoms. The average molecular weight is 361 g/mol. The van der Waals surface area contributed by atoms with Crippen LogP contribution >= 0.6 is 0 Å². The Labute approximate surface area is 158 Å². The summed E-state index contributed by atoms with van der Waals surface area (Å²) in [5, 5.41) is 1.05. The number of hydrogen-bond acceptors (Lipinski definition) is 4. The zero-order valence-electron chi connectivity index (χ0n) is 15.5. The van der Waals surface area contributed by atoms with Crippen molar-refractivity contribution in [1.29, 1.82) is 0 Å². The van der Waals surface area contributed by atoms with Gasteiger partial charge >= 0.3 is 0 Å². The zero-order valence-corrected chi connectivity index (χ0v) is 15.5. The molecule has 6 nitrogen and oxygen atoms in total. The number of rotatable bonds is 2. The lowest BCUT2D eigenvalue weighted by Crippen LogP contribution is -2.37. The third-order valence-electron chi connectivity index (χ3n) is 5.94. The van der Waals surface area contributed by atoms with Crippen LogP contribution in [0.1, 0.15) is 28.8 Å². The summed E-state index contributed by atoms with van der Waals surface area (Å²) in [6.45, 7) is 5.29. The number of H-pyrrole nitrogens is 1. The van der Waals surface area contributed by atoms with E-state index in [4.69, 9.17) is 0 Å². The van der Waals surface area contributed by atoms with Crippen molar-refractivity contribution in [2.24, 2.45) is 5.41 Å². The molecule has 27 heavy (non-hydrogen) atoms. The third-order valence-corrected chi connectivity index (χ3v) is 5.94. The van der Waals surface area contributed by atoms with Gasteiger partial charge in [0.05, 0.1) is 5.39 Å². The first-order valence-electron chi connectivity index (χ1n) is 9.53. The van der Waals surface area contributed by atoms with E-state index in [1.165, 1.54) is 12.8 Å². The second-order valence-corrected chi connectivity index (χ2v) is 7.90. The summed E-state index contributed by atoms with van der Waals surface area (Å²) < 4.78 is 0. The minimum absolute atomic E-state index is 0.149. The highest BCUT2D eigenvalue weighted by Gasteiger charge is 2.48. The Morgan fingerprint density at radius 3 is 2.78 bits per heavy atom. The molecular weight excluding hydrogens is 338 g/mol. The number of carbonyl (C=O) groups is 1. The van der Waals surface area contributed by atoms with Crippen LogP contribution in [0, 0.1) is 12.3 Å². The summed E-state index contributed by atoms with van der Waals surface area (Å²) in [5.74, 6) is 1.12. The number of hydrogen-bond donors (Lipinski definition) is 1. The minimum atomic E-state index is 0.149. The quantitative estimate of drug-likeness (QED) is 0.762. The molecule has 1 aliphatic heterocycles. The predicted molar refractivity (Wildman–Crippen MR) is 105 cm³/mol. The Hall–Kier alpha value is -2.89. The second-order valence-electron chi connectivity index (χ2n) is 7.90. The molecule has 0 unspecified atom stereocenters. The van der Waals surface area contributed by atoms with Crippen molar-refractivity contribution in [2.45, 2.75) is 19.8 Å². The Balaban J connectivity index is 1.45.